The summed E-state index contributed by atoms with van der Waals surface area (Å²) in [7, 11) is 2.31. The van der Waals surface area contributed by atoms with Gasteiger partial charge in [-0.15, -0.1) is 0 Å². The number of imide groups is 1. The summed E-state index contributed by atoms with van der Waals surface area (Å²) >= 11 is 0.890. The van der Waals surface area contributed by atoms with Crippen molar-refractivity contribution in [3.8, 4) is 0 Å². The molecule has 1 saturated heterocycles. The molecule has 12 nitrogen and oxygen atoms in total. The molecular weight excluding hydrogens is 468 g/mol. The molecule has 2 N–H and O–H groups in total. The number of ether oxygens (including phenoxy) is 3. The van der Waals surface area contributed by atoms with Crippen LogP contribution in [0.4, 0.5) is 11.5 Å². The van der Waals surface area contributed by atoms with Crippen molar-refractivity contribution in [2.24, 2.45) is 0 Å². The zero-order valence-electron chi connectivity index (χ0n) is 18.4. The number of hydrogen-bond donors (Lipinski definition) is 1. The minimum absolute atomic E-state index is 0.0134. The van der Waals surface area contributed by atoms with Crippen molar-refractivity contribution in [3.63, 3.8) is 0 Å². The van der Waals surface area contributed by atoms with Gasteiger partial charge in [-0.25, -0.2) is 29.3 Å². The lowest BCUT2D eigenvalue weighted by Crippen LogP contribution is -2.31. The fourth-order valence-electron chi connectivity index (χ4n) is 3.11. The Balaban J connectivity index is 1.88. The molecule has 34 heavy (non-hydrogen) atoms. The van der Waals surface area contributed by atoms with Crippen LogP contribution in [0, 0.1) is 0 Å². The van der Waals surface area contributed by atoms with Crippen LogP contribution in [-0.4, -0.2) is 65.8 Å². The van der Waals surface area contributed by atoms with Crippen LogP contribution in [0.5, 0.6) is 0 Å². The maximum atomic E-state index is 13.1. The highest BCUT2D eigenvalue weighted by Crippen LogP contribution is 2.34. The number of thioether (sulfide) groups is 1. The van der Waals surface area contributed by atoms with Crippen molar-refractivity contribution in [3.05, 3.63) is 41.1 Å². The van der Waals surface area contributed by atoms with Gasteiger partial charge in [0, 0.05) is 12.6 Å². The number of hydrogen-bond acceptors (Lipinski definition) is 12. The maximum absolute atomic E-state index is 13.1. The minimum atomic E-state index is -0.899. The number of rotatable bonds is 7. The number of nitrogen functional groups attached to an aromatic ring is 1. The summed E-state index contributed by atoms with van der Waals surface area (Å²) in [4.78, 5) is 70.6. The van der Waals surface area contributed by atoms with Crippen molar-refractivity contribution < 1.29 is 38.2 Å². The first-order valence-corrected chi connectivity index (χ1v) is 10.7. The molecule has 1 aliphatic heterocycles. The second kappa shape index (κ2) is 10.3. The van der Waals surface area contributed by atoms with Crippen molar-refractivity contribution >= 4 is 53.0 Å². The van der Waals surface area contributed by atoms with Gasteiger partial charge in [0.2, 0.25) is 11.8 Å². The second-order valence-corrected chi connectivity index (χ2v) is 7.97. The van der Waals surface area contributed by atoms with Crippen LogP contribution in [0.3, 0.4) is 0 Å². The molecule has 1 fully saturated rings. The van der Waals surface area contributed by atoms with E-state index in [9.17, 15) is 24.0 Å². The summed E-state index contributed by atoms with van der Waals surface area (Å²) in [5.41, 5.74) is 5.73. The fourth-order valence-corrected chi connectivity index (χ4v) is 4.06. The molecule has 1 atom stereocenters. The number of aromatic nitrogens is 2. The van der Waals surface area contributed by atoms with Gasteiger partial charge in [0.05, 0.1) is 37.6 Å². The number of esters is 3. The van der Waals surface area contributed by atoms with Gasteiger partial charge >= 0.3 is 17.9 Å². The number of nitrogens with two attached hydrogens (primary N) is 1. The van der Waals surface area contributed by atoms with Gasteiger partial charge in [-0.3, -0.25) is 9.59 Å². The SMILES string of the molecule is CCOC(=O)c1cnc(SC2CC(=O)N(c3cc(C(=O)OC)cc(C(=O)OC)c3)C2=O)nc1N. The van der Waals surface area contributed by atoms with Crippen LogP contribution < -0.4 is 10.6 Å². The highest BCUT2D eigenvalue weighted by molar-refractivity contribution is 8.00. The maximum Gasteiger partial charge on any atom is 0.343 e. The molecule has 0 saturated carbocycles. The average molecular weight is 488 g/mol. The Kier molecular flexibility index (Phi) is 7.46. The Morgan fingerprint density at radius 3 is 2.24 bits per heavy atom. The van der Waals surface area contributed by atoms with E-state index in [2.05, 4.69) is 19.4 Å². The summed E-state index contributed by atoms with van der Waals surface area (Å²) < 4.78 is 14.2. The number of amides is 2. The molecule has 1 unspecified atom stereocenters. The van der Waals surface area contributed by atoms with Crippen molar-refractivity contribution in [1.29, 1.82) is 0 Å². The van der Waals surface area contributed by atoms with Crippen molar-refractivity contribution in [2.75, 3.05) is 31.5 Å². The van der Waals surface area contributed by atoms with E-state index in [1.807, 2.05) is 0 Å². The van der Waals surface area contributed by atoms with Crippen LogP contribution in [0.15, 0.2) is 29.6 Å². The average Bonchev–Trinajstić information content (AvgIpc) is 3.10. The van der Waals surface area contributed by atoms with E-state index in [-0.39, 0.29) is 46.4 Å². The molecule has 1 aromatic carbocycles. The van der Waals surface area contributed by atoms with Crippen LogP contribution in [0.2, 0.25) is 0 Å². The predicted octanol–water partition coefficient (Wildman–Crippen LogP) is 1.23. The van der Waals surface area contributed by atoms with Gasteiger partial charge in [0.1, 0.15) is 16.6 Å². The minimum Gasteiger partial charge on any atom is -0.465 e. The molecule has 178 valence electrons. The summed E-state index contributed by atoms with van der Waals surface area (Å²) in [5.74, 6) is -3.49. The number of benzene rings is 1. The molecule has 0 aliphatic carbocycles. The first-order valence-electron chi connectivity index (χ1n) is 9.84. The number of carbonyl (C=O) groups excluding carboxylic acids is 5. The quantitative estimate of drug-likeness (QED) is 0.256. The Bertz CT molecular complexity index is 1150. The molecule has 3 rings (SSSR count). The fraction of sp³-hybridized carbons (Fsp3) is 0.286. The topological polar surface area (TPSA) is 168 Å². The lowest BCUT2D eigenvalue weighted by molar-refractivity contribution is -0.121. The van der Waals surface area contributed by atoms with E-state index in [0.717, 1.165) is 30.9 Å². The third-order valence-electron chi connectivity index (χ3n) is 4.66. The third-order valence-corrected chi connectivity index (χ3v) is 5.72. The van der Waals surface area contributed by atoms with Crippen LogP contribution in [-0.2, 0) is 23.8 Å². The first-order chi connectivity index (χ1) is 16.2. The largest absolute Gasteiger partial charge is 0.465 e. The normalized spacial score (nSPS) is 15.3. The monoisotopic (exact) mass is 488 g/mol. The first kappa shape index (κ1) is 24.6. The molecule has 13 heteroatoms. The molecule has 2 aromatic rings. The van der Waals surface area contributed by atoms with Gasteiger partial charge in [-0.2, -0.15) is 0 Å². The van der Waals surface area contributed by atoms with Crippen LogP contribution >= 0.6 is 11.8 Å². The standard InChI is InChI=1S/C21H20N4O8S/c1-4-33-20(30)13-9-23-21(24-16(13)22)34-14-8-15(26)25(17(14)27)12-6-10(18(28)31-2)5-11(7-12)19(29)32-3/h5-7,9,14H,4,8H2,1-3H3,(H2,22,23,24). The lowest BCUT2D eigenvalue weighted by atomic mass is 10.1. The summed E-state index contributed by atoms with van der Waals surface area (Å²) in [6.45, 7) is 1.79. The predicted molar refractivity (Wildman–Crippen MR) is 118 cm³/mol. The van der Waals surface area contributed by atoms with E-state index in [1.54, 1.807) is 6.92 Å². The summed E-state index contributed by atoms with van der Waals surface area (Å²) in [5, 5.41) is -0.819. The third kappa shape index (κ3) is 4.98. The highest BCUT2D eigenvalue weighted by atomic mass is 32.2. The number of anilines is 2. The molecule has 1 aliphatic rings. The van der Waals surface area contributed by atoms with Crippen LogP contribution in [0.1, 0.15) is 44.4 Å². The smallest absolute Gasteiger partial charge is 0.343 e. The van der Waals surface area contributed by atoms with Gasteiger partial charge < -0.3 is 19.9 Å². The van der Waals surface area contributed by atoms with Gasteiger partial charge in [0.15, 0.2) is 5.16 Å². The summed E-state index contributed by atoms with van der Waals surface area (Å²) in [6, 6.07) is 3.77. The van der Waals surface area contributed by atoms with E-state index < -0.39 is 35.0 Å². The van der Waals surface area contributed by atoms with Crippen LogP contribution in [0.25, 0.3) is 0 Å². The molecule has 0 spiro atoms. The van der Waals surface area contributed by atoms with Crippen molar-refractivity contribution in [1.82, 2.24) is 9.97 Å². The van der Waals surface area contributed by atoms with Crippen molar-refractivity contribution in [2.45, 2.75) is 23.8 Å². The Labute approximate surface area is 197 Å². The van der Waals surface area contributed by atoms with E-state index >= 15 is 0 Å². The molecular formula is C21H20N4O8S. The number of carbonyl (C=O) groups is 5. The van der Waals surface area contributed by atoms with Gasteiger partial charge in [-0.05, 0) is 25.1 Å². The number of methoxy groups -OCH3 is 2. The molecule has 0 radical (unpaired) electrons. The Hall–Kier alpha value is -4.00. The van der Waals surface area contributed by atoms with E-state index in [1.165, 1.54) is 24.4 Å². The Morgan fingerprint density at radius 1 is 1.09 bits per heavy atom. The molecule has 0 bridgehead atoms. The molecule has 2 amide bonds. The highest BCUT2D eigenvalue weighted by Gasteiger charge is 2.41. The summed E-state index contributed by atoms with van der Waals surface area (Å²) in [6.07, 6.45) is 0.993. The zero-order chi connectivity index (χ0) is 25.0. The lowest BCUT2D eigenvalue weighted by Gasteiger charge is -2.17. The zero-order valence-corrected chi connectivity index (χ0v) is 19.2. The second-order valence-electron chi connectivity index (χ2n) is 6.80. The Morgan fingerprint density at radius 2 is 1.71 bits per heavy atom. The molecule has 1 aromatic heterocycles. The van der Waals surface area contributed by atoms with E-state index in [0.29, 0.717) is 0 Å². The van der Waals surface area contributed by atoms with Gasteiger partial charge in [0.25, 0.3) is 0 Å². The molecule has 2 heterocycles. The number of nitrogens with zero attached hydrogens (tertiary/aromatic N) is 3. The van der Waals surface area contributed by atoms with Gasteiger partial charge in [-0.1, -0.05) is 11.8 Å². The van der Waals surface area contributed by atoms with E-state index in [4.69, 9.17) is 10.5 Å².